The van der Waals surface area contributed by atoms with Gasteiger partial charge in [-0.15, -0.1) is 0 Å². The molecule has 0 spiro atoms. The van der Waals surface area contributed by atoms with E-state index in [1.165, 1.54) is 0 Å². The van der Waals surface area contributed by atoms with E-state index in [9.17, 15) is 9.59 Å². The van der Waals surface area contributed by atoms with Gasteiger partial charge in [-0.25, -0.2) is 4.79 Å². The van der Waals surface area contributed by atoms with Crippen LogP contribution in [-0.2, 0) is 27.4 Å². The third-order valence-corrected chi connectivity index (χ3v) is 3.60. The molecule has 0 aliphatic carbocycles. The lowest BCUT2D eigenvalue weighted by Crippen LogP contribution is -2.43. The van der Waals surface area contributed by atoms with Gasteiger partial charge in [-0.05, 0) is 17.5 Å². The molecular formula is C20H23NO3. The Labute approximate surface area is 142 Å². The van der Waals surface area contributed by atoms with Crippen molar-refractivity contribution in [1.29, 1.82) is 0 Å². The van der Waals surface area contributed by atoms with Crippen molar-refractivity contribution < 1.29 is 14.3 Å². The number of hydrogen-bond donors (Lipinski definition) is 1. The molecular weight excluding hydrogens is 302 g/mol. The highest BCUT2D eigenvalue weighted by molar-refractivity contribution is 5.84. The summed E-state index contributed by atoms with van der Waals surface area (Å²) in [4.78, 5) is 24.3. The molecule has 0 saturated heterocycles. The summed E-state index contributed by atoms with van der Waals surface area (Å²) >= 11 is 0. The van der Waals surface area contributed by atoms with E-state index in [1.54, 1.807) is 0 Å². The highest BCUT2D eigenvalue weighted by atomic mass is 16.5. The Bertz CT molecular complexity index is 640. The van der Waals surface area contributed by atoms with Crippen LogP contribution in [-0.4, -0.2) is 17.9 Å². The maximum Gasteiger partial charge on any atom is 0.329 e. The molecule has 2 aromatic carbocycles. The average molecular weight is 325 g/mol. The Morgan fingerprint density at radius 2 is 1.54 bits per heavy atom. The van der Waals surface area contributed by atoms with Crippen molar-refractivity contribution in [2.45, 2.75) is 38.8 Å². The molecule has 4 heteroatoms. The Morgan fingerprint density at radius 1 is 0.958 bits per heavy atom. The first-order chi connectivity index (χ1) is 11.7. The van der Waals surface area contributed by atoms with Crippen LogP contribution in [0.3, 0.4) is 0 Å². The van der Waals surface area contributed by atoms with Crippen LogP contribution in [0.2, 0.25) is 0 Å². The molecule has 0 saturated carbocycles. The largest absolute Gasteiger partial charge is 0.459 e. The Kier molecular flexibility index (Phi) is 7.02. The maximum atomic E-state index is 12.4. The molecule has 0 bridgehead atoms. The molecule has 0 unspecified atom stereocenters. The van der Waals surface area contributed by atoms with E-state index >= 15 is 0 Å². The topological polar surface area (TPSA) is 55.4 Å². The smallest absolute Gasteiger partial charge is 0.329 e. The first-order valence-corrected chi connectivity index (χ1v) is 8.23. The highest BCUT2D eigenvalue weighted by Crippen LogP contribution is 2.08. The minimum absolute atomic E-state index is 0.130. The van der Waals surface area contributed by atoms with Gasteiger partial charge in [0.2, 0.25) is 5.91 Å². The summed E-state index contributed by atoms with van der Waals surface area (Å²) in [6.45, 7) is 2.13. The van der Waals surface area contributed by atoms with E-state index in [4.69, 9.17) is 4.74 Å². The number of hydrogen-bond acceptors (Lipinski definition) is 3. The minimum Gasteiger partial charge on any atom is -0.459 e. The zero-order valence-corrected chi connectivity index (χ0v) is 13.9. The van der Waals surface area contributed by atoms with Crippen LogP contribution in [0.1, 0.15) is 30.9 Å². The third kappa shape index (κ3) is 5.88. The standard InChI is InChI=1S/C20H23NO3/c1-2-9-19(22)21-18(14-16-10-5-3-6-11-16)20(23)24-15-17-12-7-4-8-13-17/h3-8,10-13,18H,2,9,14-15H2,1H3,(H,21,22)/t18-/m0/s1. The molecule has 0 aromatic heterocycles. The second-order valence-electron chi connectivity index (χ2n) is 5.65. The lowest BCUT2D eigenvalue weighted by molar-refractivity contribution is -0.149. The molecule has 24 heavy (non-hydrogen) atoms. The van der Waals surface area contributed by atoms with Crippen LogP contribution >= 0.6 is 0 Å². The highest BCUT2D eigenvalue weighted by Gasteiger charge is 2.22. The van der Waals surface area contributed by atoms with Crippen LogP contribution in [0.5, 0.6) is 0 Å². The van der Waals surface area contributed by atoms with E-state index < -0.39 is 12.0 Å². The van der Waals surface area contributed by atoms with Gasteiger partial charge in [0.25, 0.3) is 0 Å². The number of benzene rings is 2. The molecule has 0 fully saturated rings. The normalized spacial score (nSPS) is 11.5. The number of esters is 1. The SMILES string of the molecule is CCCC(=O)N[C@@H](Cc1ccccc1)C(=O)OCc1ccccc1. The number of ether oxygens (including phenoxy) is 1. The van der Waals surface area contributed by atoms with Crippen molar-refractivity contribution >= 4 is 11.9 Å². The van der Waals surface area contributed by atoms with Gasteiger partial charge >= 0.3 is 5.97 Å². The predicted octanol–water partition coefficient (Wildman–Crippen LogP) is 3.26. The first-order valence-electron chi connectivity index (χ1n) is 8.23. The van der Waals surface area contributed by atoms with E-state index in [2.05, 4.69) is 5.32 Å². The molecule has 0 heterocycles. The fourth-order valence-corrected chi connectivity index (χ4v) is 2.37. The Morgan fingerprint density at radius 3 is 2.12 bits per heavy atom. The summed E-state index contributed by atoms with van der Waals surface area (Å²) in [6, 6.07) is 18.4. The molecule has 1 N–H and O–H groups in total. The zero-order chi connectivity index (χ0) is 17.2. The van der Waals surface area contributed by atoms with Gasteiger partial charge in [0.1, 0.15) is 12.6 Å². The second kappa shape index (κ2) is 9.50. The minimum atomic E-state index is -0.671. The van der Waals surface area contributed by atoms with Crippen LogP contribution in [0.4, 0.5) is 0 Å². The van der Waals surface area contributed by atoms with Crippen molar-refractivity contribution in [3.05, 3.63) is 71.8 Å². The molecule has 0 aliphatic rings. The van der Waals surface area contributed by atoms with Gasteiger partial charge in [0, 0.05) is 12.8 Å². The van der Waals surface area contributed by atoms with E-state index in [1.807, 2.05) is 67.6 Å². The lowest BCUT2D eigenvalue weighted by Gasteiger charge is -2.18. The molecule has 4 nitrogen and oxygen atoms in total. The maximum absolute atomic E-state index is 12.4. The summed E-state index contributed by atoms with van der Waals surface area (Å²) in [5, 5.41) is 2.79. The van der Waals surface area contributed by atoms with Crippen LogP contribution in [0, 0.1) is 0 Å². The predicted molar refractivity (Wildman–Crippen MR) is 93.2 cm³/mol. The number of amides is 1. The first kappa shape index (κ1) is 17.7. The summed E-state index contributed by atoms with van der Waals surface area (Å²) in [5.41, 5.74) is 1.90. The van der Waals surface area contributed by atoms with Crippen LogP contribution in [0.25, 0.3) is 0 Å². The number of carbonyl (C=O) groups is 2. The number of nitrogens with one attached hydrogen (secondary N) is 1. The van der Waals surface area contributed by atoms with Gasteiger partial charge < -0.3 is 10.1 Å². The summed E-state index contributed by atoms with van der Waals surface area (Å²) in [5.74, 6) is -0.540. The lowest BCUT2D eigenvalue weighted by atomic mass is 10.1. The quantitative estimate of drug-likeness (QED) is 0.758. The molecule has 1 atom stereocenters. The van der Waals surface area contributed by atoms with Gasteiger partial charge in [0.15, 0.2) is 0 Å². The van der Waals surface area contributed by atoms with Gasteiger partial charge in [-0.1, -0.05) is 67.6 Å². The fraction of sp³-hybridized carbons (Fsp3) is 0.300. The monoisotopic (exact) mass is 325 g/mol. The summed E-state index contributed by atoms with van der Waals surface area (Å²) < 4.78 is 5.39. The third-order valence-electron chi connectivity index (χ3n) is 3.60. The van der Waals surface area contributed by atoms with Crippen LogP contribution in [0.15, 0.2) is 60.7 Å². The van der Waals surface area contributed by atoms with Gasteiger partial charge in [0.05, 0.1) is 0 Å². The number of rotatable bonds is 8. The molecule has 0 aliphatic heterocycles. The van der Waals surface area contributed by atoms with E-state index in [-0.39, 0.29) is 12.5 Å². The van der Waals surface area contributed by atoms with E-state index in [0.29, 0.717) is 12.8 Å². The van der Waals surface area contributed by atoms with Gasteiger partial charge in [-0.3, -0.25) is 4.79 Å². The fourth-order valence-electron chi connectivity index (χ4n) is 2.37. The number of carbonyl (C=O) groups excluding carboxylic acids is 2. The molecule has 2 rings (SSSR count). The Balaban J connectivity index is 2.00. The molecule has 126 valence electrons. The zero-order valence-electron chi connectivity index (χ0n) is 13.9. The summed E-state index contributed by atoms with van der Waals surface area (Å²) in [7, 11) is 0. The molecule has 1 amide bonds. The van der Waals surface area contributed by atoms with Gasteiger partial charge in [-0.2, -0.15) is 0 Å². The second-order valence-corrected chi connectivity index (χ2v) is 5.65. The van der Waals surface area contributed by atoms with Crippen LogP contribution < -0.4 is 5.32 Å². The summed E-state index contributed by atoms with van der Waals surface area (Å²) in [6.07, 6.45) is 1.56. The van der Waals surface area contributed by atoms with Crippen molar-refractivity contribution in [2.75, 3.05) is 0 Å². The van der Waals surface area contributed by atoms with Crippen molar-refractivity contribution in [1.82, 2.24) is 5.32 Å². The van der Waals surface area contributed by atoms with E-state index in [0.717, 1.165) is 17.5 Å². The molecule has 0 radical (unpaired) electrons. The Hall–Kier alpha value is -2.62. The van der Waals surface area contributed by atoms with Crippen molar-refractivity contribution in [3.8, 4) is 0 Å². The molecule has 2 aromatic rings. The average Bonchev–Trinajstić information content (AvgIpc) is 2.61. The van der Waals surface area contributed by atoms with Crippen molar-refractivity contribution in [3.63, 3.8) is 0 Å². The van der Waals surface area contributed by atoms with Crippen molar-refractivity contribution in [2.24, 2.45) is 0 Å².